The van der Waals surface area contributed by atoms with E-state index in [0.29, 0.717) is 12.5 Å². The quantitative estimate of drug-likeness (QED) is 0.563. The van der Waals surface area contributed by atoms with Crippen LogP contribution in [0.5, 0.6) is 5.75 Å². The predicted octanol–water partition coefficient (Wildman–Crippen LogP) is 4.44. The molecule has 0 aliphatic rings. The Morgan fingerprint density at radius 1 is 1.39 bits per heavy atom. The van der Waals surface area contributed by atoms with Crippen molar-refractivity contribution in [3.63, 3.8) is 0 Å². The number of nitrogens with zero attached hydrogens (tertiary/aromatic N) is 1. The number of halogens is 1. The Balaban J connectivity index is 2.47. The van der Waals surface area contributed by atoms with Gasteiger partial charge < -0.3 is 4.74 Å². The number of nitriles is 1. The molecule has 1 rings (SSSR count). The van der Waals surface area contributed by atoms with E-state index < -0.39 is 0 Å². The average Bonchev–Trinajstić information content (AvgIpc) is 2.36. The van der Waals surface area contributed by atoms with Crippen LogP contribution in [0.1, 0.15) is 37.8 Å². The highest BCUT2D eigenvalue weighted by atomic mass is 35.5. The summed E-state index contributed by atoms with van der Waals surface area (Å²) < 4.78 is 5.73. The van der Waals surface area contributed by atoms with E-state index in [2.05, 4.69) is 6.07 Å². The lowest BCUT2D eigenvalue weighted by atomic mass is 9.90. The maximum atomic E-state index is 8.91. The zero-order chi connectivity index (χ0) is 13.6. The molecule has 0 saturated heterocycles. The van der Waals surface area contributed by atoms with Gasteiger partial charge in [-0.1, -0.05) is 17.7 Å². The van der Waals surface area contributed by atoms with Gasteiger partial charge in [0, 0.05) is 5.56 Å². The first kappa shape index (κ1) is 14.9. The second kappa shape index (κ2) is 6.66. The van der Waals surface area contributed by atoms with Gasteiger partial charge in [-0.15, -0.1) is 11.6 Å². The van der Waals surface area contributed by atoms with E-state index >= 15 is 0 Å². The van der Waals surface area contributed by atoms with Crippen molar-refractivity contribution in [1.82, 2.24) is 0 Å². The molecule has 0 atom stereocenters. The van der Waals surface area contributed by atoms with Gasteiger partial charge in [0.05, 0.1) is 24.0 Å². The Labute approximate surface area is 115 Å². The number of rotatable bonds is 6. The van der Waals surface area contributed by atoms with Gasteiger partial charge >= 0.3 is 0 Å². The Hall–Kier alpha value is -1.20. The first-order valence-corrected chi connectivity index (χ1v) is 6.71. The Morgan fingerprint density at radius 2 is 2.11 bits per heavy atom. The molecule has 0 heterocycles. The Bertz CT molecular complexity index is 435. The topological polar surface area (TPSA) is 33.0 Å². The molecule has 2 nitrogen and oxygen atoms in total. The Morgan fingerprint density at radius 3 is 2.72 bits per heavy atom. The molecule has 0 aliphatic carbocycles. The fraction of sp³-hybridized carbons (Fsp3) is 0.533. The van der Waals surface area contributed by atoms with Gasteiger partial charge in [-0.2, -0.15) is 5.26 Å². The number of benzene rings is 1. The van der Waals surface area contributed by atoms with Crippen LogP contribution in [-0.2, 0) is 5.88 Å². The molecule has 0 fully saturated rings. The summed E-state index contributed by atoms with van der Waals surface area (Å²) in [5.41, 5.74) is 1.94. The molecular weight excluding hydrogens is 246 g/mol. The molecule has 0 aromatic heterocycles. The zero-order valence-electron chi connectivity index (χ0n) is 11.3. The second-order valence-corrected chi connectivity index (χ2v) is 5.46. The summed E-state index contributed by atoms with van der Waals surface area (Å²) in [4.78, 5) is 0. The molecule has 18 heavy (non-hydrogen) atoms. The van der Waals surface area contributed by atoms with Crippen LogP contribution in [-0.4, -0.2) is 6.61 Å². The van der Waals surface area contributed by atoms with Crippen LogP contribution in [0.25, 0.3) is 0 Å². The molecule has 98 valence electrons. The van der Waals surface area contributed by atoms with Crippen LogP contribution in [0.15, 0.2) is 18.2 Å². The summed E-state index contributed by atoms with van der Waals surface area (Å²) in [6.07, 6.45) is 1.71. The van der Waals surface area contributed by atoms with Crippen LogP contribution in [0.4, 0.5) is 0 Å². The molecule has 0 radical (unpaired) electrons. The highest BCUT2D eigenvalue weighted by Crippen LogP contribution is 2.24. The minimum atomic E-state index is -0.272. The van der Waals surface area contributed by atoms with Crippen molar-refractivity contribution in [2.75, 3.05) is 6.61 Å². The maximum absolute atomic E-state index is 8.91. The average molecular weight is 266 g/mol. The maximum Gasteiger partial charge on any atom is 0.123 e. The summed E-state index contributed by atoms with van der Waals surface area (Å²) in [5.74, 6) is 1.31. The summed E-state index contributed by atoms with van der Waals surface area (Å²) >= 11 is 5.89. The van der Waals surface area contributed by atoms with E-state index in [1.165, 1.54) is 5.56 Å². The lowest BCUT2D eigenvalue weighted by Gasteiger charge is -2.15. The van der Waals surface area contributed by atoms with Crippen LogP contribution >= 0.6 is 11.6 Å². The third-order valence-corrected chi connectivity index (χ3v) is 3.15. The summed E-state index contributed by atoms with van der Waals surface area (Å²) in [7, 11) is 0. The molecular formula is C15H20ClNO. The molecule has 3 heteroatoms. The van der Waals surface area contributed by atoms with Gasteiger partial charge in [0.2, 0.25) is 0 Å². The van der Waals surface area contributed by atoms with E-state index in [4.69, 9.17) is 21.6 Å². The lowest BCUT2D eigenvalue weighted by molar-refractivity contribution is 0.282. The molecule has 0 N–H and O–H groups in total. The molecule has 0 amide bonds. The normalized spacial score (nSPS) is 11.1. The minimum Gasteiger partial charge on any atom is -0.493 e. The highest BCUT2D eigenvalue weighted by Gasteiger charge is 2.15. The van der Waals surface area contributed by atoms with Crippen molar-refractivity contribution < 1.29 is 4.74 Å². The molecule has 0 bridgehead atoms. The summed E-state index contributed by atoms with van der Waals surface area (Å²) in [5, 5.41) is 8.91. The van der Waals surface area contributed by atoms with Gasteiger partial charge in [-0.05, 0) is 39.7 Å². The van der Waals surface area contributed by atoms with Crippen LogP contribution in [0, 0.1) is 23.7 Å². The highest BCUT2D eigenvalue weighted by molar-refractivity contribution is 6.17. The standard InChI is InChI=1S/C15H20ClNO/c1-12-5-6-14(13(9-12)10-16)18-8-4-7-15(2,3)11-17/h5-6,9H,4,7-8,10H2,1-3H3. The van der Waals surface area contributed by atoms with E-state index in [-0.39, 0.29) is 5.41 Å². The number of alkyl halides is 1. The number of aryl methyl sites for hydroxylation is 1. The first-order valence-electron chi connectivity index (χ1n) is 6.18. The zero-order valence-corrected chi connectivity index (χ0v) is 12.0. The number of hydrogen-bond donors (Lipinski definition) is 0. The van der Waals surface area contributed by atoms with Crippen LogP contribution in [0.2, 0.25) is 0 Å². The number of hydrogen-bond acceptors (Lipinski definition) is 2. The fourth-order valence-electron chi connectivity index (χ4n) is 1.71. The first-order chi connectivity index (χ1) is 8.48. The minimum absolute atomic E-state index is 0.272. The van der Waals surface area contributed by atoms with Gasteiger partial charge in [0.1, 0.15) is 5.75 Å². The molecule has 1 aromatic rings. The van der Waals surface area contributed by atoms with Gasteiger partial charge in [0.25, 0.3) is 0 Å². The largest absolute Gasteiger partial charge is 0.493 e. The fourth-order valence-corrected chi connectivity index (χ4v) is 1.91. The lowest BCUT2D eigenvalue weighted by Crippen LogP contribution is -2.10. The summed E-state index contributed by atoms with van der Waals surface area (Å²) in [6, 6.07) is 8.32. The molecule has 0 unspecified atom stereocenters. The van der Waals surface area contributed by atoms with Gasteiger partial charge in [-0.3, -0.25) is 0 Å². The Kier molecular flexibility index (Phi) is 5.50. The van der Waals surface area contributed by atoms with Crippen molar-refractivity contribution in [3.8, 4) is 11.8 Å². The van der Waals surface area contributed by atoms with Crippen molar-refractivity contribution in [2.24, 2.45) is 5.41 Å². The van der Waals surface area contributed by atoms with Crippen molar-refractivity contribution in [1.29, 1.82) is 5.26 Å². The summed E-state index contributed by atoms with van der Waals surface area (Å²) in [6.45, 7) is 6.56. The van der Waals surface area contributed by atoms with E-state index in [1.807, 2.05) is 39.0 Å². The monoisotopic (exact) mass is 265 g/mol. The second-order valence-electron chi connectivity index (χ2n) is 5.19. The van der Waals surface area contributed by atoms with Gasteiger partial charge in [0.15, 0.2) is 0 Å². The smallest absolute Gasteiger partial charge is 0.123 e. The van der Waals surface area contributed by atoms with Crippen LogP contribution < -0.4 is 4.74 Å². The van der Waals surface area contributed by atoms with Crippen LogP contribution in [0.3, 0.4) is 0 Å². The van der Waals surface area contributed by atoms with Crippen molar-refractivity contribution >= 4 is 11.6 Å². The molecule has 0 aliphatic heterocycles. The van der Waals surface area contributed by atoms with E-state index in [1.54, 1.807) is 0 Å². The third-order valence-electron chi connectivity index (χ3n) is 2.87. The molecule has 1 aromatic carbocycles. The van der Waals surface area contributed by atoms with E-state index in [0.717, 1.165) is 24.2 Å². The third kappa shape index (κ3) is 4.58. The molecule has 0 spiro atoms. The van der Waals surface area contributed by atoms with Crippen molar-refractivity contribution in [2.45, 2.75) is 39.5 Å². The molecule has 0 saturated carbocycles. The van der Waals surface area contributed by atoms with E-state index in [9.17, 15) is 0 Å². The number of ether oxygens (including phenoxy) is 1. The SMILES string of the molecule is Cc1ccc(OCCCC(C)(C)C#N)c(CCl)c1. The predicted molar refractivity (Wildman–Crippen MR) is 74.9 cm³/mol. The van der Waals surface area contributed by atoms with Gasteiger partial charge in [-0.25, -0.2) is 0 Å². The van der Waals surface area contributed by atoms with Crippen molar-refractivity contribution in [3.05, 3.63) is 29.3 Å².